The first-order valence-corrected chi connectivity index (χ1v) is 8.11. The average Bonchev–Trinajstić information content (AvgIpc) is 3.18. The molecule has 1 aliphatic rings. The van der Waals surface area contributed by atoms with E-state index in [0.717, 1.165) is 30.1 Å². The van der Waals surface area contributed by atoms with Gasteiger partial charge < -0.3 is 10.2 Å². The van der Waals surface area contributed by atoms with Crippen molar-refractivity contribution in [1.82, 2.24) is 9.88 Å². The van der Waals surface area contributed by atoms with Crippen molar-refractivity contribution in [2.24, 2.45) is 0 Å². The van der Waals surface area contributed by atoms with Crippen molar-refractivity contribution in [3.05, 3.63) is 46.3 Å². The fourth-order valence-electron chi connectivity index (χ4n) is 2.87. The predicted molar refractivity (Wildman–Crippen MR) is 85.5 cm³/mol. The van der Waals surface area contributed by atoms with Crippen LogP contribution in [0.3, 0.4) is 0 Å². The Bertz CT molecular complexity index is 612. The highest BCUT2D eigenvalue weighted by atomic mass is 32.1. The number of hydrogen-bond donors (Lipinski definition) is 1. The number of amides is 1. The molecule has 1 aliphatic heterocycles. The van der Waals surface area contributed by atoms with Crippen LogP contribution >= 0.6 is 11.3 Å². The first-order valence-electron chi connectivity index (χ1n) is 7.23. The summed E-state index contributed by atoms with van der Waals surface area (Å²) in [7, 11) is 1.86. The molecule has 5 heteroatoms. The molecule has 0 unspecified atom stereocenters. The van der Waals surface area contributed by atoms with E-state index in [4.69, 9.17) is 0 Å². The summed E-state index contributed by atoms with van der Waals surface area (Å²) in [5.74, 6) is 1.08. The maximum absolute atomic E-state index is 12.6. The van der Waals surface area contributed by atoms with E-state index in [9.17, 15) is 4.79 Å². The minimum atomic E-state index is 0.188. The highest BCUT2D eigenvalue weighted by Gasteiger charge is 2.30. The van der Waals surface area contributed by atoms with E-state index in [0.29, 0.717) is 6.42 Å². The van der Waals surface area contributed by atoms with Gasteiger partial charge in [-0.05, 0) is 42.0 Å². The Balaban J connectivity index is 1.76. The van der Waals surface area contributed by atoms with Gasteiger partial charge in [0.05, 0.1) is 12.5 Å². The van der Waals surface area contributed by atoms with Gasteiger partial charge >= 0.3 is 0 Å². The summed E-state index contributed by atoms with van der Waals surface area (Å²) in [6, 6.07) is 8.27. The van der Waals surface area contributed by atoms with Crippen LogP contribution in [0.1, 0.15) is 29.3 Å². The molecule has 0 saturated carbocycles. The molecule has 4 nitrogen and oxygen atoms in total. The number of hydrogen-bond acceptors (Lipinski definition) is 4. The molecular weight excluding hydrogens is 282 g/mol. The molecule has 0 radical (unpaired) electrons. The molecule has 1 amide bonds. The van der Waals surface area contributed by atoms with Gasteiger partial charge in [-0.2, -0.15) is 0 Å². The van der Waals surface area contributed by atoms with Crippen LogP contribution in [-0.2, 0) is 11.2 Å². The lowest BCUT2D eigenvalue weighted by atomic mass is 10.1. The summed E-state index contributed by atoms with van der Waals surface area (Å²) in [4.78, 5) is 20.0. The highest BCUT2D eigenvalue weighted by Crippen LogP contribution is 2.33. The second-order valence-electron chi connectivity index (χ2n) is 5.23. The van der Waals surface area contributed by atoms with Gasteiger partial charge in [0.25, 0.3) is 0 Å². The van der Waals surface area contributed by atoms with Crippen LogP contribution in [0.4, 0.5) is 5.82 Å². The molecule has 1 fully saturated rings. The zero-order valence-electron chi connectivity index (χ0n) is 12.1. The fourth-order valence-corrected chi connectivity index (χ4v) is 3.56. The van der Waals surface area contributed by atoms with Gasteiger partial charge in [-0.15, -0.1) is 11.3 Å². The second-order valence-corrected chi connectivity index (χ2v) is 6.26. The number of nitrogens with one attached hydrogen (secondary N) is 1. The molecule has 0 bridgehead atoms. The smallest absolute Gasteiger partial charge is 0.228 e. The first-order chi connectivity index (χ1) is 10.3. The lowest BCUT2D eigenvalue weighted by molar-refractivity contribution is -0.131. The molecule has 2 aromatic rings. The number of carbonyl (C=O) groups excluding carboxylic acids is 1. The normalized spacial score (nSPS) is 18.0. The van der Waals surface area contributed by atoms with E-state index in [-0.39, 0.29) is 11.9 Å². The van der Waals surface area contributed by atoms with Crippen molar-refractivity contribution in [2.45, 2.75) is 25.3 Å². The van der Waals surface area contributed by atoms with E-state index in [1.54, 1.807) is 17.5 Å². The Morgan fingerprint density at radius 3 is 3.19 bits per heavy atom. The van der Waals surface area contributed by atoms with Gasteiger partial charge in [-0.25, -0.2) is 4.98 Å². The van der Waals surface area contributed by atoms with Crippen molar-refractivity contribution >= 4 is 23.1 Å². The van der Waals surface area contributed by atoms with Gasteiger partial charge in [-0.1, -0.05) is 6.07 Å². The third-order valence-corrected chi connectivity index (χ3v) is 4.78. The molecule has 0 aliphatic carbocycles. The third kappa shape index (κ3) is 3.08. The quantitative estimate of drug-likeness (QED) is 0.944. The number of anilines is 1. The van der Waals surface area contributed by atoms with E-state index in [2.05, 4.69) is 10.3 Å². The van der Waals surface area contributed by atoms with Crippen molar-refractivity contribution in [3.8, 4) is 0 Å². The number of thiophene rings is 1. The van der Waals surface area contributed by atoms with E-state index >= 15 is 0 Å². The van der Waals surface area contributed by atoms with Gasteiger partial charge in [0.1, 0.15) is 5.82 Å². The summed E-state index contributed by atoms with van der Waals surface area (Å²) in [5, 5.41) is 5.08. The molecular formula is C16H19N3OS. The van der Waals surface area contributed by atoms with Crippen LogP contribution in [0.2, 0.25) is 0 Å². The molecule has 0 aromatic carbocycles. The van der Waals surface area contributed by atoms with Crippen molar-refractivity contribution < 1.29 is 4.79 Å². The summed E-state index contributed by atoms with van der Waals surface area (Å²) >= 11 is 1.65. The number of likely N-dealkylation sites (tertiary alicyclic amines) is 1. The average molecular weight is 301 g/mol. The molecule has 3 rings (SSSR count). The van der Waals surface area contributed by atoms with Crippen molar-refractivity contribution in [1.29, 1.82) is 0 Å². The molecule has 1 saturated heterocycles. The maximum atomic E-state index is 12.6. The molecule has 0 spiro atoms. The third-order valence-electron chi connectivity index (χ3n) is 3.90. The van der Waals surface area contributed by atoms with Crippen molar-refractivity contribution in [2.75, 3.05) is 18.9 Å². The minimum absolute atomic E-state index is 0.188. The monoisotopic (exact) mass is 301 g/mol. The SMILES string of the molecule is CNc1cc([C@@H]2CCCN2C(=O)Cc2cccs2)ccn1. The van der Waals surface area contributed by atoms with Crippen LogP contribution < -0.4 is 5.32 Å². The number of aromatic nitrogens is 1. The van der Waals surface area contributed by atoms with Gasteiger partial charge in [0.15, 0.2) is 0 Å². The van der Waals surface area contributed by atoms with Crippen LogP contribution in [0.25, 0.3) is 0 Å². The lowest BCUT2D eigenvalue weighted by Crippen LogP contribution is -2.31. The molecule has 1 atom stereocenters. The summed E-state index contributed by atoms with van der Waals surface area (Å²) < 4.78 is 0. The highest BCUT2D eigenvalue weighted by molar-refractivity contribution is 7.10. The zero-order valence-corrected chi connectivity index (χ0v) is 12.9. The summed E-state index contributed by atoms with van der Waals surface area (Å²) in [6.45, 7) is 0.853. The number of nitrogens with zero attached hydrogens (tertiary/aromatic N) is 2. The molecule has 3 heterocycles. The van der Waals surface area contributed by atoms with Gasteiger partial charge in [0.2, 0.25) is 5.91 Å². The Labute approximate surface area is 128 Å². The fraction of sp³-hybridized carbons (Fsp3) is 0.375. The van der Waals surface area contributed by atoms with E-state index in [1.807, 2.05) is 41.6 Å². The second kappa shape index (κ2) is 6.26. The summed E-state index contributed by atoms with van der Waals surface area (Å²) in [5.41, 5.74) is 1.17. The van der Waals surface area contributed by atoms with Crippen LogP contribution in [0, 0.1) is 0 Å². The topological polar surface area (TPSA) is 45.2 Å². The lowest BCUT2D eigenvalue weighted by Gasteiger charge is -2.25. The number of carbonyl (C=O) groups is 1. The summed E-state index contributed by atoms with van der Waals surface area (Å²) in [6.07, 6.45) is 4.42. The Morgan fingerprint density at radius 2 is 2.43 bits per heavy atom. The van der Waals surface area contributed by atoms with Crippen LogP contribution in [0.15, 0.2) is 35.8 Å². The van der Waals surface area contributed by atoms with E-state index in [1.165, 1.54) is 5.56 Å². The van der Waals surface area contributed by atoms with Crippen LogP contribution in [0.5, 0.6) is 0 Å². The Hall–Kier alpha value is -1.88. The van der Waals surface area contributed by atoms with Crippen LogP contribution in [-0.4, -0.2) is 29.4 Å². The molecule has 110 valence electrons. The number of pyridine rings is 1. The van der Waals surface area contributed by atoms with Crippen molar-refractivity contribution in [3.63, 3.8) is 0 Å². The van der Waals surface area contributed by atoms with Gasteiger partial charge in [0, 0.05) is 24.7 Å². The largest absolute Gasteiger partial charge is 0.373 e. The zero-order chi connectivity index (χ0) is 14.7. The number of rotatable bonds is 4. The Kier molecular flexibility index (Phi) is 4.20. The molecule has 21 heavy (non-hydrogen) atoms. The van der Waals surface area contributed by atoms with E-state index < -0.39 is 0 Å². The molecule has 1 N–H and O–H groups in total. The predicted octanol–water partition coefficient (Wildman–Crippen LogP) is 3.09. The Morgan fingerprint density at radius 1 is 1.52 bits per heavy atom. The molecule has 2 aromatic heterocycles. The van der Waals surface area contributed by atoms with Gasteiger partial charge in [-0.3, -0.25) is 4.79 Å². The maximum Gasteiger partial charge on any atom is 0.228 e. The first kappa shape index (κ1) is 14.1. The minimum Gasteiger partial charge on any atom is -0.373 e. The standard InChI is InChI=1S/C16H19N3OS/c1-17-15-10-12(6-7-18-15)14-5-2-8-19(14)16(20)11-13-4-3-9-21-13/h3-4,6-7,9-10,14H,2,5,8,11H2,1H3,(H,17,18)/t14-/m0/s1.